The summed E-state index contributed by atoms with van der Waals surface area (Å²) in [5, 5.41) is 31.9. The molecule has 8 heteroatoms. The van der Waals surface area contributed by atoms with Crippen LogP contribution in [0, 0.1) is 50.2 Å². The first kappa shape index (κ1) is 41.6. The molecule has 4 saturated carbocycles. The van der Waals surface area contributed by atoms with Gasteiger partial charge >= 0.3 is 0 Å². The molecule has 0 unspecified atom stereocenters. The number of hydroxylamine groups is 2. The van der Waals surface area contributed by atoms with Crippen molar-refractivity contribution < 1.29 is 24.7 Å². The molecule has 1 saturated heterocycles. The maximum atomic E-state index is 14.8. The lowest BCUT2D eigenvalue weighted by Crippen LogP contribution is -2.66. The maximum absolute atomic E-state index is 14.8. The number of rotatable bonds is 6. The van der Waals surface area contributed by atoms with E-state index in [2.05, 4.69) is 65.2 Å². The first-order chi connectivity index (χ1) is 25.8. The molecular weight excluding hydrogens is 699 g/mol. The number of benzene rings is 1. The zero-order valence-electron chi connectivity index (χ0n) is 36.4. The molecule has 7 rings (SSSR count). The fourth-order valence-corrected chi connectivity index (χ4v) is 14.4. The van der Waals surface area contributed by atoms with Crippen LogP contribution in [0.1, 0.15) is 152 Å². The Balaban J connectivity index is 1.16. The van der Waals surface area contributed by atoms with Gasteiger partial charge in [-0.3, -0.25) is 14.4 Å². The monoisotopic (exact) mass is 771 g/mol. The quantitative estimate of drug-likeness (QED) is 0.268. The van der Waals surface area contributed by atoms with Gasteiger partial charge in [0, 0.05) is 34.9 Å². The third-order valence-corrected chi connectivity index (χ3v) is 17.9. The number of allylic oxidation sites excluding steroid dienone is 2. The summed E-state index contributed by atoms with van der Waals surface area (Å²) in [5.74, 6) is 0.231. The highest BCUT2D eigenvalue weighted by Gasteiger charge is 2.70. The van der Waals surface area contributed by atoms with Crippen LogP contribution < -0.4 is 10.6 Å². The van der Waals surface area contributed by atoms with Crippen LogP contribution in [0.15, 0.2) is 42.0 Å². The van der Waals surface area contributed by atoms with Crippen molar-refractivity contribution in [1.82, 2.24) is 15.7 Å². The van der Waals surface area contributed by atoms with Gasteiger partial charge in [-0.2, -0.15) is 0 Å². The first-order valence-corrected chi connectivity index (χ1v) is 21.9. The third kappa shape index (κ3) is 6.36. The van der Waals surface area contributed by atoms with Crippen molar-refractivity contribution in [2.24, 2.45) is 50.2 Å². The van der Waals surface area contributed by atoms with Crippen LogP contribution in [0.4, 0.5) is 0 Å². The van der Waals surface area contributed by atoms with Crippen LogP contribution in [-0.2, 0) is 26.0 Å². The maximum Gasteiger partial charge on any atom is 0.243 e. The number of carbonyl (C=O) groups excluding carboxylic acids is 3. The molecule has 0 bridgehead atoms. The van der Waals surface area contributed by atoms with Gasteiger partial charge in [0.05, 0.1) is 6.10 Å². The SMILES string of the molecule is CC1(C)[C@@H](O)CC[C@]2(C)[C@H]3C(=O)C=C4[C@@H]5C[C@@](C)(C(=O)N[C@@H](Cc6ccccc6)C(=O)NC6CC(C)(C)N([O])C(C)(C)C6)CC[C@]5(C)CC[C@@]4(C)[C@]3(C)CC[C@@H]12. The Kier molecular flexibility index (Phi) is 10.0. The molecule has 1 aromatic rings. The van der Waals surface area contributed by atoms with Crippen LogP contribution in [-0.4, -0.2) is 57.0 Å². The number of aliphatic hydroxyl groups is 1. The van der Waals surface area contributed by atoms with Gasteiger partial charge < -0.3 is 15.7 Å². The van der Waals surface area contributed by atoms with Crippen LogP contribution in [0.25, 0.3) is 0 Å². The minimum Gasteiger partial charge on any atom is -0.393 e. The number of nitrogens with one attached hydrogen (secondary N) is 2. The number of nitrogens with zero attached hydrogens (tertiary/aromatic N) is 1. The minimum absolute atomic E-state index is 0.0104. The molecule has 8 nitrogen and oxygen atoms in total. The average Bonchev–Trinajstić information content (AvgIpc) is 3.10. The van der Waals surface area contributed by atoms with E-state index in [1.165, 1.54) is 10.6 Å². The van der Waals surface area contributed by atoms with Gasteiger partial charge in [0.25, 0.3) is 0 Å². The highest BCUT2D eigenvalue weighted by molar-refractivity contribution is 5.96. The number of amides is 2. The summed E-state index contributed by atoms with van der Waals surface area (Å²) < 4.78 is 0. The smallest absolute Gasteiger partial charge is 0.243 e. The fourth-order valence-electron chi connectivity index (χ4n) is 14.4. The molecule has 309 valence electrons. The highest BCUT2D eigenvalue weighted by Crippen LogP contribution is 2.75. The molecule has 5 aliphatic carbocycles. The lowest BCUT2D eigenvalue weighted by molar-refractivity contribution is -0.290. The molecule has 6 aliphatic rings. The second-order valence-electron chi connectivity index (χ2n) is 22.9. The Labute approximate surface area is 337 Å². The van der Waals surface area contributed by atoms with Crippen LogP contribution in [0.3, 0.4) is 0 Å². The Morgan fingerprint density at radius 1 is 0.821 bits per heavy atom. The number of hydrogen-bond donors (Lipinski definition) is 3. The zero-order chi connectivity index (χ0) is 41.1. The summed E-state index contributed by atoms with van der Waals surface area (Å²) in [6.45, 7) is 23.8. The Morgan fingerprint density at radius 3 is 2.09 bits per heavy atom. The number of ketones is 1. The average molecular weight is 771 g/mol. The molecule has 5 fully saturated rings. The van der Waals surface area contributed by atoms with Crippen LogP contribution in [0.2, 0.25) is 0 Å². The summed E-state index contributed by atoms with van der Waals surface area (Å²) in [4.78, 5) is 43.9. The largest absolute Gasteiger partial charge is 0.393 e. The molecule has 56 heavy (non-hydrogen) atoms. The number of hydrogen-bond acceptors (Lipinski definition) is 5. The van der Waals surface area contributed by atoms with E-state index in [0.717, 1.165) is 56.9 Å². The molecule has 3 N–H and O–H groups in total. The molecule has 10 atom stereocenters. The molecule has 0 aromatic heterocycles. The van der Waals surface area contributed by atoms with E-state index in [0.29, 0.717) is 25.7 Å². The molecule has 1 aromatic carbocycles. The fraction of sp³-hybridized carbons (Fsp3) is 0.771. The van der Waals surface area contributed by atoms with Crippen molar-refractivity contribution in [2.75, 3.05) is 0 Å². The standard InChI is InChI=1S/C48H72N3O5/c1-41(2)27-31(28-42(3,4)51(41)56)49-39(54)34(25-30-15-13-12-14-16-30)50-40(55)45(8)22-21-44(7)23-24-47(10)32(33(44)29-45)26-35(52)38-46(9)19-18-37(53)43(5,6)36(46)17-20-48(38,47)11/h12-16,26,31,33-34,36-38,53H,17-25,27-29H2,1-11H3,(H,49,54)(H,50,55)/t33-,34-,36-,37-,38+,44+,45-,46-,47+,48+/m0/s1. The van der Waals surface area contributed by atoms with Gasteiger partial charge in [0.1, 0.15) is 6.04 Å². The normalized spacial score (nSPS) is 42.2. The van der Waals surface area contributed by atoms with Gasteiger partial charge in [-0.15, -0.1) is 10.3 Å². The number of fused-ring (bicyclic) bond motifs is 7. The molecule has 1 radical (unpaired) electrons. The van der Waals surface area contributed by atoms with Gasteiger partial charge in [0.2, 0.25) is 11.8 Å². The summed E-state index contributed by atoms with van der Waals surface area (Å²) >= 11 is 0. The van der Waals surface area contributed by atoms with Crippen molar-refractivity contribution >= 4 is 17.6 Å². The van der Waals surface area contributed by atoms with Crippen molar-refractivity contribution in [2.45, 2.75) is 182 Å². The Morgan fingerprint density at radius 2 is 1.45 bits per heavy atom. The lowest BCUT2D eigenvalue weighted by atomic mass is 9.33. The van der Waals surface area contributed by atoms with E-state index < -0.39 is 22.5 Å². The topological polar surface area (TPSA) is 119 Å². The minimum atomic E-state index is -0.771. The second kappa shape index (κ2) is 13.5. The zero-order valence-corrected chi connectivity index (χ0v) is 36.4. The third-order valence-electron chi connectivity index (χ3n) is 17.9. The summed E-state index contributed by atoms with van der Waals surface area (Å²) in [5.41, 5.74) is -0.547. The van der Waals surface area contributed by atoms with E-state index in [1.54, 1.807) is 0 Å². The molecule has 0 spiro atoms. The first-order valence-electron chi connectivity index (χ1n) is 21.9. The predicted octanol–water partition coefficient (Wildman–Crippen LogP) is 8.54. The second-order valence-corrected chi connectivity index (χ2v) is 22.9. The highest BCUT2D eigenvalue weighted by atomic mass is 16.5. The van der Waals surface area contributed by atoms with E-state index in [9.17, 15) is 24.7 Å². The van der Waals surface area contributed by atoms with E-state index in [-0.39, 0.29) is 74.6 Å². The van der Waals surface area contributed by atoms with E-state index in [4.69, 9.17) is 0 Å². The van der Waals surface area contributed by atoms with Crippen LogP contribution >= 0.6 is 0 Å². The van der Waals surface area contributed by atoms with Gasteiger partial charge in [-0.1, -0.05) is 84.4 Å². The molecule has 1 aliphatic heterocycles. The van der Waals surface area contributed by atoms with E-state index >= 15 is 0 Å². The number of carbonyl (C=O) groups is 3. The van der Waals surface area contributed by atoms with Crippen molar-refractivity contribution in [1.29, 1.82) is 0 Å². The van der Waals surface area contributed by atoms with Crippen molar-refractivity contribution in [3.8, 4) is 0 Å². The van der Waals surface area contributed by atoms with Gasteiger partial charge in [-0.25, -0.2) is 0 Å². The van der Waals surface area contributed by atoms with Crippen molar-refractivity contribution in [3.05, 3.63) is 47.5 Å². The molecule has 1 heterocycles. The Bertz CT molecular complexity index is 1750. The summed E-state index contributed by atoms with van der Waals surface area (Å²) in [6, 6.07) is 8.90. The lowest BCUT2D eigenvalue weighted by Gasteiger charge is -2.70. The van der Waals surface area contributed by atoms with Gasteiger partial charge in [-0.05, 0) is 149 Å². The molecule has 2 amide bonds. The number of aliphatic hydroxyl groups excluding tert-OH is 1. The predicted molar refractivity (Wildman–Crippen MR) is 219 cm³/mol. The Hall–Kier alpha value is -2.55. The van der Waals surface area contributed by atoms with E-state index in [1.807, 2.05) is 58.0 Å². The van der Waals surface area contributed by atoms with Crippen molar-refractivity contribution in [3.63, 3.8) is 0 Å². The summed E-state index contributed by atoms with van der Waals surface area (Å²) in [7, 11) is 0. The van der Waals surface area contributed by atoms with Gasteiger partial charge in [0.15, 0.2) is 5.78 Å². The van der Waals surface area contributed by atoms with Crippen LogP contribution in [0.5, 0.6) is 0 Å². The number of piperidine rings is 1. The summed E-state index contributed by atoms with van der Waals surface area (Å²) in [6.07, 6.45) is 11.1. The molecular formula is C48H72N3O5.